The van der Waals surface area contributed by atoms with Crippen LogP contribution in [0.2, 0.25) is 0 Å². The highest BCUT2D eigenvalue weighted by Gasteiger charge is 2.45. The Morgan fingerprint density at radius 2 is 2.20 bits per heavy atom. The second-order valence-electron chi connectivity index (χ2n) is 5.90. The number of hydrogen-bond acceptors (Lipinski definition) is 4. The summed E-state index contributed by atoms with van der Waals surface area (Å²) >= 11 is 0. The van der Waals surface area contributed by atoms with Gasteiger partial charge in [-0.15, -0.1) is 0 Å². The third-order valence-corrected chi connectivity index (χ3v) is 4.36. The summed E-state index contributed by atoms with van der Waals surface area (Å²) in [5, 5.41) is 3.06. The van der Waals surface area contributed by atoms with Crippen molar-refractivity contribution in [2.45, 2.75) is 12.3 Å². The van der Waals surface area contributed by atoms with Crippen molar-refractivity contribution < 1.29 is 9.21 Å². The van der Waals surface area contributed by atoms with Crippen molar-refractivity contribution in [1.82, 2.24) is 15.1 Å². The molecule has 110 valence electrons. The molecule has 1 aromatic heterocycles. The highest BCUT2D eigenvalue weighted by Crippen LogP contribution is 2.47. The minimum atomic E-state index is 0.119. The molecule has 1 amide bonds. The van der Waals surface area contributed by atoms with Gasteiger partial charge in [0.05, 0.1) is 6.26 Å². The van der Waals surface area contributed by atoms with Gasteiger partial charge in [0.2, 0.25) is 5.91 Å². The minimum absolute atomic E-state index is 0.119. The first-order valence-corrected chi connectivity index (χ1v) is 7.46. The third kappa shape index (κ3) is 3.22. The number of hydrogen-bond donors (Lipinski definition) is 1. The predicted molar refractivity (Wildman–Crippen MR) is 76.5 cm³/mol. The van der Waals surface area contributed by atoms with E-state index in [0.29, 0.717) is 5.92 Å². The first-order valence-electron chi connectivity index (χ1n) is 7.46. The summed E-state index contributed by atoms with van der Waals surface area (Å²) in [4.78, 5) is 16.8. The molecule has 5 nitrogen and oxygen atoms in total. The zero-order chi connectivity index (χ0) is 13.9. The zero-order valence-corrected chi connectivity index (χ0v) is 12.0. The van der Waals surface area contributed by atoms with Gasteiger partial charge in [-0.3, -0.25) is 9.69 Å². The lowest BCUT2D eigenvalue weighted by molar-refractivity contribution is -0.122. The van der Waals surface area contributed by atoms with Crippen molar-refractivity contribution in [3.63, 3.8) is 0 Å². The number of carbonyl (C=O) groups excluding carboxylic acids is 1. The number of amides is 1. The van der Waals surface area contributed by atoms with Gasteiger partial charge in [0.1, 0.15) is 5.76 Å². The fourth-order valence-electron chi connectivity index (χ4n) is 2.84. The Hall–Kier alpha value is -1.33. The van der Waals surface area contributed by atoms with Crippen LogP contribution in [0.5, 0.6) is 0 Å². The summed E-state index contributed by atoms with van der Waals surface area (Å²) in [5.41, 5.74) is 0. The van der Waals surface area contributed by atoms with Gasteiger partial charge >= 0.3 is 0 Å². The topological polar surface area (TPSA) is 48.7 Å². The molecule has 3 rings (SSSR count). The van der Waals surface area contributed by atoms with Crippen molar-refractivity contribution in [3.8, 4) is 0 Å². The van der Waals surface area contributed by atoms with E-state index in [-0.39, 0.29) is 11.8 Å². The van der Waals surface area contributed by atoms with Crippen LogP contribution in [0, 0.1) is 5.92 Å². The summed E-state index contributed by atoms with van der Waals surface area (Å²) in [6, 6.07) is 3.85. The molecule has 2 heterocycles. The van der Waals surface area contributed by atoms with E-state index in [1.54, 1.807) is 6.26 Å². The Morgan fingerprint density at radius 3 is 2.90 bits per heavy atom. The normalized spacial score (nSPS) is 27.4. The number of likely N-dealkylation sites (N-methyl/N-ethyl adjacent to an activating group) is 1. The van der Waals surface area contributed by atoms with E-state index in [4.69, 9.17) is 4.42 Å². The van der Waals surface area contributed by atoms with Gasteiger partial charge < -0.3 is 14.6 Å². The molecule has 2 fully saturated rings. The minimum Gasteiger partial charge on any atom is -0.469 e. The van der Waals surface area contributed by atoms with E-state index in [2.05, 4.69) is 22.2 Å². The molecular formula is C15H23N3O2. The molecule has 1 N–H and O–H groups in total. The van der Waals surface area contributed by atoms with E-state index in [1.165, 1.54) is 0 Å². The van der Waals surface area contributed by atoms with E-state index in [0.717, 1.165) is 51.4 Å². The van der Waals surface area contributed by atoms with Crippen LogP contribution in [-0.4, -0.2) is 62.0 Å². The van der Waals surface area contributed by atoms with Crippen molar-refractivity contribution in [1.29, 1.82) is 0 Å². The fraction of sp³-hybridized carbons (Fsp3) is 0.667. The van der Waals surface area contributed by atoms with Crippen molar-refractivity contribution in [2.75, 3.05) is 46.3 Å². The highest BCUT2D eigenvalue weighted by molar-refractivity contribution is 5.82. The fourth-order valence-corrected chi connectivity index (χ4v) is 2.84. The second-order valence-corrected chi connectivity index (χ2v) is 5.90. The molecule has 5 heteroatoms. The van der Waals surface area contributed by atoms with Gasteiger partial charge in [-0.2, -0.15) is 0 Å². The van der Waals surface area contributed by atoms with E-state index < -0.39 is 0 Å². The summed E-state index contributed by atoms with van der Waals surface area (Å²) in [5.74, 6) is 1.55. The molecule has 1 aliphatic heterocycles. The average Bonchev–Trinajstić information content (AvgIpc) is 3.07. The zero-order valence-electron chi connectivity index (χ0n) is 12.0. The van der Waals surface area contributed by atoms with Gasteiger partial charge in [0, 0.05) is 51.1 Å². The van der Waals surface area contributed by atoms with Crippen LogP contribution in [0.25, 0.3) is 0 Å². The Bertz CT molecular complexity index is 438. The van der Waals surface area contributed by atoms with E-state index >= 15 is 0 Å². The van der Waals surface area contributed by atoms with Crippen LogP contribution in [0.4, 0.5) is 0 Å². The monoisotopic (exact) mass is 277 g/mol. The number of carbonyl (C=O) groups is 1. The number of rotatable bonds is 5. The molecule has 1 saturated heterocycles. The van der Waals surface area contributed by atoms with E-state index in [1.807, 2.05) is 12.1 Å². The lowest BCUT2D eigenvalue weighted by Gasteiger charge is -2.32. The van der Waals surface area contributed by atoms with Crippen molar-refractivity contribution in [2.24, 2.45) is 5.92 Å². The Morgan fingerprint density at radius 1 is 1.40 bits per heavy atom. The van der Waals surface area contributed by atoms with Gasteiger partial charge in [-0.05, 0) is 25.6 Å². The van der Waals surface area contributed by atoms with Crippen molar-refractivity contribution >= 4 is 5.91 Å². The molecule has 2 aliphatic rings. The van der Waals surface area contributed by atoms with Gasteiger partial charge in [0.25, 0.3) is 0 Å². The molecule has 0 aromatic carbocycles. The quantitative estimate of drug-likeness (QED) is 0.863. The molecule has 1 saturated carbocycles. The molecule has 2 atom stereocenters. The van der Waals surface area contributed by atoms with Crippen LogP contribution in [0.3, 0.4) is 0 Å². The van der Waals surface area contributed by atoms with Gasteiger partial charge in [-0.1, -0.05) is 0 Å². The molecule has 0 unspecified atom stereocenters. The highest BCUT2D eigenvalue weighted by atomic mass is 16.3. The standard InChI is InChI=1S/C15H23N3O2/c1-17-6-8-18(9-7-17)5-4-16-15(19)13-11-12(13)14-3-2-10-20-14/h2-3,10,12-13H,4-9,11H2,1H3,(H,16,19)/t12-,13-/m1/s1. The molecule has 20 heavy (non-hydrogen) atoms. The number of piperazine rings is 1. The van der Waals surface area contributed by atoms with E-state index in [9.17, 15) is 4.79 Å². The second kappa shape index (κ2) is 5.97. The van der Waals surface area contributed by atoms with Gasteiger partial charge in [-0.25, -0.2) is 0 Å². The first kappa shape index (κ1) is 13.6. The maximum Gasteiger partial charge on any atom is 0.223 e. The molecule has 0 radical (unpaired) electrons. The van der Waals surface area contributed by atoms with Gasteiger partial charge in [0.15, 0.2) is 0 Å². The van der Waals surface area contributed by atoms with Crippen LogP contribution in [0.1, 0.15) is 18.1 Å². The SMILES string of the molecule is CN1CCN(CCNC(=O)[C@@H]2C[C@H]2c2ccco2)CC1. The molecule has 1 aliphatic carbocycles. The summed E-state index contributed by atoms with van der Waals surface area (Å²) in [6.45, 7) is 6.16. The summed E-state index contributed by atoms with van der Waals surface area (Å²) in [6.07, 6.45) is 2.60. The third-order valence-electron chi connectivity index (χ3n) is 4.36. The maximum atomic E-state index is 12.0. The molecule has 1 aromatic rings. The van der Waals surface area contributed by atoms with Crippen LogP contribution in [-0.2, 0) is 4.79 Å². The lowest BCUT2D eigenvalue weighted by atomic mass is 10.2. The summed E-state index contributed by atoms with van der Waals surface area (Å²) in [7, 11) is 2.15. The molecule has 0 bridgehead atoms. The predicted octanol–water partition coefficient (Wildman–Crippen LogP) is 0.747. The molecule has 0 spiro atoms. The maximum absolute atomic E-state index is 12.0. The number of furan rings is 1. The largest absolute Gasteiger partial charge is 0.469 e. The smallest absolute Gasteiger partial charge is 0.223 e. The lowest BCUT2D eigenvalue weighted by Crippen LogP contribution is -2.47. The van der Waals surface area contributed by atoms with Crippen LogP contribution >= 0.6 is 0 Å². The summed E-state index contributed by atoms with van der Waals surface area (Å²) < 4.78 is 5.35. The van der Waals surface area contributed by atoms with Crippen LogP contribution in [0.15, 0.2) is 22.8 Å². The molecular weight excluding hydrogens is 254 g/mol. The Labute approximate surface area is 119 Å². The number of nitrogens with one attached hydrogen (secondary N) is 1. The van der Waals surface area contributed by atoms with Crippen molar-refractivity contribution in [3.05, 3.63) is 24.2 Å². The average molecular weight is 277 g/mol. The first-order chi connectivity index (χ1) is 9.74. The Kier molecular flexibility index (Phi) is 4.08. The van der Waals surface area contributed by atoms with Crippen LogP contribution < -0.4 is 5.32 Å². The number of nitrogens with zero attached hydrogens (tertiary/aromatic N) is 2. The Balaban J connectivity index is 1.34.